The highest BCUT2D eigenvalue weighted by Gasteiger charge is 2.70. The number of Topliss-reactive ketones (excluding diaryl/α,β-unsaturated/α-hetero) is 1. The van der Waals surface area contributed by atoms with Gasteiger partial charge in [-0.1, -0.05) is 61.5 Å². The van der Waals surface area contributed by atoms with Gasteiger partial charge in [-0.05, 0) is 34.5 Å². The van der Waals surface area contributed by atoms with Gasteiger partial charge in [0.05, 0.1) is 25.2 Å². The highest BCUT2D eigenvalue weighted by Crippen LogP contribution is 2.65. The van der Waals surface area contributed by atoms with Crippen LogP contribution in [0.1, 0.15) is 68.2 Å². The van der Waals surface area contributed by atoms with Crippen molar-refractivity contribution in [3.8, 4) is 12.3 Å². The molecule has 6 atom stereocenters. The largest absolute Gasteiger partial charge is 0.346 e. The fourth-order valence-electron chi connectivity index (χ4n) is 6.48. The summed E-state index contributed by atoms with van der Waals surface area (Å²) in [5.41, 5.74) is -1.61. The summed E-state index contributed by atoms with van der Waals surface area (Å²) in [6, 6.07) is -5.09. The van der Waals surface area contributed by atoms with Crippen molar-refractivity contribution in [1.82, 2.24) is 36.4 Å². The molecule has 3 rings (SSSR count). The van der Waals surface area contributed by atoms with Crippen molar-refractivity contribution in [2.24, 2.45) is 28.1 Å². The summed E-state index contributed by atoms with van der Waals surface area (Å²) in [6.07, 6.45) is 7.01. The number of hydrogen-bond donors (Lipinski definition) is 5. The van der Waals surface area contributed by atoms with Gasteiger partial charge in [-0.15, -0.1) is 18.9 Å². The van der Waals surface area contributed by atoms with E-state index in [1.54, 1.807) is 20.8 Å². The van der Waals surface area contributed by atoms with E-state index in [2.05, 4.69) is 39.1 Å². The van der Waals surface area contributed by atoms with Crippen LogP contribution in [0.25, 0.3) is 0 Å². The van der Waals surface area contributed by atoms with E-state index in [0.29, 0.717) is 0 Å². The molecule has 5 N–H and O–H groups in total. The number of piperidine rings is 1. The second-order valence-corrected chi connectivity index (χ2v) is 15.6. The molecular weight excluding hydrogens is 618 g/mol. The predicted octanol–water partition coefficient (Wildman–Crippen LogP) is 0.919. The Morgan fingerprint density at radius 1 is 1.06 bits per heavy atom. The van der Waals surface area contributed by atoms with Gasteiger partial charge in [0.15, 0.2) is 0 Å². The number of ketones is 1. The Kier molecular flexibility index (Phi) is 11.4. The standard InChI is InChI=1S/C34H51N7O7/c1-11-13-14-20(25(43)28(45)35-15-12-2)37-27(44)24-23-19(34(23,9)10)17-41(24)29(46)26(33(6,7)8)39-30(47)38-21(32(3,4)5)18-40-22(42)16-36-31(40)48/h1,12,19-21,23-24,26H,2,13-18H2,3-10H3,(H,35,45)(H,36,48)(H,37,44)(H2,38,39,47)/t19-,20?,21+,23-,24?,26+/m0/s1. The van der Waals surface area contributed by atoms with E-state index in [1.807, 2.05) is 34.6 Å². The molecule has 0 bridgehead atoms. The molecule has 1 aliphatic carbocycles. The number of carbonyl (C=O) groups excluding carboxylic acids is 7. The molecule has 14 nitrogen and oxygen atoms in total. The summed E-state index contributed by atoms with van der Waals surface area (Å²) in [4.78, 5) is 94.2. The minimum Gasteiger partial charge on any atom is -0.346 e. The normalized spacial score (nSPS) is 23.1. The highest BCUT2D eigenvalue weighted by molar-refractivity contribution is 6.38. The zero-order valence-corrected chi connectivity index (χ0v) is 29.3. The maximum atomic E-state index is 14.3. The molecule has 2 saturated heterocycles. The molecule has 3 aliphatic rings. The Morgan fingerprint density at radius 2 is 1.71 bits per heavy atom. The molecule has 48 heavy (non-hydrogen) atoms. The van der Waals surface area contributed by atoms with E-state index in [4.69, 9.17) is 6.42 Å². The summed E-state index contributed by atoms with van der Waals surface area (Å²) in [5.74, 6) is -0.952. The summed E-state index contributed by atoms with van der Waals surface area (Å²) < 4.78 is 0. The van der Waals surface area contributed by atoms with E-state index in [-0.39, 0.29) is 56.3 Å². The lowest BCUT2D eigenvalue weighted by atomic mass is 9.85. The van der Waals surface area contributed by atoms with Crippen LogP contribution in [0.15, 0.2) is 12.7 Å². The van der Waals surface area contributed by atoms with Crippen molar-refractivity contribution < 1.29 is 33.6 Å². The van der Waals surface area contributed by atoms with Gasteiger partial charge >= 0.3 is 12.1 Å². The van der Waals surface area contributed by atoms with Crippen LogP contribution in [0.3, 0.4) is 0 Å². The molecule has 1 saturated carbocycles. The lowest BCUT2D eigenvalue weighted by Crippen LogP contribution is -2.63. The number of hydrogen-bond acceptors (Lipinski definition) is 7. The Morgan fingerprint density at radius 3 is 2.23 bits per heavy atom. The van der Waals surface area contributed by atoms with Crippen molar-refractivity contribution in [2.45, 2.75) is 92.4 Å². The smallest absolute Gasteiger partial charge is 0.324 e. The monoisotopic (exact) mass is 669 g/mol. The third-order valence-electron chi connectivity index (χ3n) is 9.64. The maximum absolute atomic E-state index is 14.3. The molecule has 14 heteroatoms. The quantitative estimate of drug-likeness (QED) is 0.0835. The van der Waals surface area contributed by atoms with Crippen molar-refractivity contribution >= 4 is 41.5 Å². The Balaban J connectivity index is 1.83. The molecule has 0 aromatic heterocycles. The van der Waals surface area contributed by atoms with Crippen LogP contribution >= 0.6 is 0 Å². The van der Waals surface area contributed by atoms with Gasteiger partial charge < -0.3 is 31.5 Å². The second kappa shape index (κ2) is 14.4. The van der Waals surface area contributed by atoms with Crippen molar-refractivity contribution in [3.05, 3.63) is 12.7 Å². The number of imide groups is 1. The van der Waals surface area contributed by atoms with E-state index >= 15 is 0 Å². The Bertz CT molecular complexity index is 1370. The van der Waals surface area contributed by atoms with Crippen molar-refractivity contribution in [1.29, 1.82) is 0 Å². The molecule has 0 aromatic rings. The van der Waals surface area contributed by atoms with E-state index in [1.165, 1.54) is 11.0 Å². The zero-order chi connectivity index (χ0) is 36.4. The van der Waals surface area contributed by atoms with E-state index in [0.717, 1.165) is 4.90 Å². The van der Waals surface area contributed by atoms with Crippen LogP contribution in [0, 0.1) is 40.4 Å². The molecule has 2 heterocycles. The lowest BCUT2D eigenvalue weighted by molar-refractivity contribution is -0.145. The van der Waals surface area contributed by atoms with E-state index in [9.17, 15) is 33.6 Å². The summed E-state index contributed by atoms with van der Waals surface area (Å²) in [5, 5.41) is 13.3. The van der Waals surface area contributed by atoms with Crippen LogP contribution in [0.4, 0.5) is 9.59 Å². The minimum atomic E-state index is -1.20. The molecule has 2 unspecified atom stereocenters. The van der Waals surface area contributed by atoms with Crippen LogP contribution < -0.4 is 26.6 Å². The van der Waals surface area contributed by atoms with Gasteiger partial charge in [0.1, 0.15) is 12.1 Å². The Labute approximate surface area is 282 Å². The first-order valence-corrected chi connectivity index (χ1v) is 16.3. The number of fused-ring (bicyclic) bond motifs is 1. The molecule has 0 spiro atoms. The molecule has 8 amide bonds. The molecule has 0 radical (unpaired) electrons. The molecular formula is C34H51N7O7. The third kappa shape index (κ3) is 8.35. The second-order valence-electron chi connectivity index (χ2n) is 15.6. The third-order valence-corrected chi connectivity index (χ3v) is 9.64. The lowest BCUT2D eigenvalue weighted by Gasteiger charge is -2.39. The van der Waals surface area contributed by atoms with E-state index < -0.39 is 76.5 Å². The summed E-state index contributed by atoms with van der Waals surface area (Å²) in [6.45, 7) is 18.6. The van der Waals surface area contributed by atoms with Crippen LogP contribution in [0.2, 0.25) is 0 Å². The fraction of sp³-hybridized carbons (Fsp3) is 0.676. The van der Waals surface area contributed by atoms with Gasteiger partial charge in [-0.25, -0.2) is 9.59 Å². The number of urea groups is 2. The number of nitrogens with one attached hydrogen (secondary N) is 5. The number of amides is 8. The van der Waals surface area contributed by atoms with Gasteiger partial charge in [-0.2, -0.15) is 0 Å². The van der Waals surface area contributed by atoms with Crippen molar-refractivity contribution in [3.63, 3.8) is 0 Å². The molecule has 3 fully saturated rings. The number of rotatable bonds is 13. The van der Waals surface area contributed by atoms with Crippen LogP contribution in [0.5, 0.6) is 0 Å². The summed E-state index contributed by atoms with van der Waals surface area (Å²) in [7, 11) is 0. The number of terminal acetylenes is 1. The topological polar surface area (TPSA) is 186 Å². The van der Waals surface area contributed by atoms with Crippen LogP contribution in [-0.2, 0) is 24.0 Å². The van der Waals surface area contributed by atoms with Gasteiger partial charge in [0.2, 0.25) is 23.5 Å². The number of nitrogens with zero attached hydrogens (tertiary/aromatic N) is 2. The van der Waals surface area contributed by atoms with Crippen molar-refractivity contribution in [2.75, 3.05) is 26.2 Å². The Hall–Kier alpha value is -4.41. The molecule has 0 aromatic carbocycles. The van der Waals surface area contributed by atoms with Gasteiger partial charge in [0, 0.05) is 19.5 Å². The summed E-state index contributed by atoms with van der Waals surface area (Å²) >= 11 is 0. The number of carbonyl (C=O) groups is 7. The predicted molar refractivity (Wildman–Crippen MR) is 178 cm³/mol. The average molecular weight is 670 g/mol. The highest BCUT2D eigenvalue weighted by atomic mass is 16.2. The first kappa shape index (κ1) is 38.0. The fourth-order valence-corrected chi connectivity index (χ4v) is 6.48. The van der Waals surface area contributed by atoms with Gasteiger partial charge in [-0.3, -0.25) is 28.9 Å². The van der Waals surface area contributed by atoms with Gasteiger partial charge in [0.25, 0.3) is 5.91 Å². The molecule has 2 aliphatic heterocycles. The maximum Gasteiger partial charge on any atom is 0.324 e. The number of likely N-dealkylation sites (tertiary alicyclic amines) is 1. The SMILES string of the molecule is C#CCCC(NC(=O)C1[C@@H]2[C@H](CN1C(=O)[C@@H](NC(=O)N[C@H](CN1C(=O)CNC1=O)C(C)(C)C)C(C)(C)C)C2(C)C)C(=O)C(=O)NCC=C. The van der Waals surface area contributed by atoms with Crippen LogP contribution in [-0.4, -0.2) is 102 Å². The first-order valence-electron chi connectivity index (χ1n) is 16.3. The molecule has 264 valence electrons. The first-order chi connectivity index (χ1) is 22.2. The average Bonchev–Trinajstić information content (AvgIpc) is 3.27. The minimum absolute atomic E-state index is 0.0109. The zero-order valence-electron chi connectivity index (χ0n) is 29.3.